The van der Waals surface area contributed by atoms with E-state index in [1.807, 2.05) is 24.7 Å². The Morgan fingerprint density at radius 2 is 2.32 bits per heavy atom. The van der Waals surface area contributed by atoms with Gasteiger partial charge < -0.3 is 15.6 Å². The van der Waals surface area contributed by atoms with E-state index < -0.39 is 0 Å². The summed E-state index contributed by atoms with van der Waals surface area (Å²) in [7, 11) is 1.92. The first-order valence-corrected chi connectivity index (χ1v) is 6.19. The van der Waals surface area contributed by atoms with Crippen LogP contribution in [0.25, 0.3) is 0 Å². The number of anilines is 1. The molecule has 2 aromatic heterocycles. The lowest BCUT2D eigenvalue weighted by Gasteiger charge is -2.04. The van der Waals surface area contributed by atoms with E-state index in [-0.39, 0.29) is 11.6 Å². The average molecular weight is 262 g/mol. The standard InChI is InChI=1S/C12H18N6O/c1-3-18-8-9(13)11(16-18)12(19)15-5-4-10-14-6-7-17(10)2/h6-8H,3-5,13H2,1-2H3,(H,15,19). The highest BCUT2D eigenvalue weighted by Crippen LogP contribution is 2.08. The van der Waals surface area contributed by atoms with Gasteiger partial charge in [-0.2, -0.15) is 5.10 Å². The Morgan fingerprint density at radius 3 is 2.89 bits per heavy atom. The third-order valence-electron chi connectivity index (χ3n) is 2.88. The number of amides is 1. The highest BCUT2D eigenvalue weighted by atomic mass is 16.1. The van der Waals surface area contributed by atoms with Gasteiger partial charge in [0.15, 0.2) is 5.69 Å². The lowest BCUT2D eigenvalue weighted by Crippen LogP contribution is -2.27. The minimum Gasteiger partial charge on any atom is -0.396 e. The van der Waals surface area contributed by atoms with E-state index in [9.17, 15) is 4.79 Å². The summed E-state index contributed by atoms with van der Waals surface area (Å²) in [5.41, 5.74) is 6.43. The zero-order valence-corrected chi connectivity index (χ0v) is 11.1. The second-order valence-electron chi connectivity index (χ2n) is 4.25. The van der Waals surface area contributed by atoms with E-state index >= 15 is 0 Å². The summed E-state index contributed by atoms with van der Waals surface area (Å²) in [5, 5.41) is 6.91. The predicted octanol–water partition coefficient (Wildman–Crippen LogP) is 0.191. The van der Waals surface area contributed by atoms with E-state index in [1.54, 1.807) is 17.1 Å². The molecule has 7 heteroatoms. The van der Waals surface area contributed by atoms with Crippen LogP contribution in [0.15, 0.2) is 18.6 Å². The molecule has 0 saturated carbocycles. The SMILES string of the molecule is CCn1cc(N)c(C(=O)NCCc2nccn2C)n1. The molecule has 0 aliphatic carbocycles. The second kappa shape index (κ2) is 5.55. The Morgan fingerprint density at radius 1 is 1.53 bits per heavy atom. The molecule has 19 heavy (non-hydrogen) atoms. The Bertz CT molecular complexity index is 571. The summed E-state index contributed by atoms with van der Waals surface area (Å²) >= 11 is 0. The summed E-state index contributed by atoms with van der Waals surface area (Å²) in [6.07, 6.45) is 5.94. The van der Waals surface area contributed by atoms with Crippen molar-refractivity contribution in [3.63, 3.8) is 0 Å². The van der Waals surface area contributed by atoms with Crippen molar-refractivity contribution >= 4 is 11.6 Å². The number of nitrogen functional groups attached to an aromatic ring is 1. The van der Waals surface area contributed by atoms with E-state index in [0.29, 0.717) is 25.2 Å². The molecule has 0 bridgehead atoms. The number of aromatic nitrogens is 4. The molecule has 2 heterocycles. The molecule has 0 spiro atoms. The lowest BCUT2D eigenvalue weighted by molar-refractivity contribution is 0.0949. The zero-order valence-electron chi connectivity index (χ0n) is 11.1. The molecule has 7 nitrogen and oxygen atoms in total. The Kier molecular flexibility index (Phi) is 3.84. The van der Waals surface area contributed by atoms with Gasteiger partial charge in [0.25, 0.3) is 5.91 Å². The van der Waals surface area contributed by atoms with Gasteiger partial charge in [0.05, 0.1) is 5.69 Å². The topological polar surface area (TPSA) is 90.8 Å². The number of carbonyl (C=O) groups excluding carboxylic acids is 1. The van der Waals surface area contributed by atoms with Crippen LogP contribution >= 0.6 is 0 Å². The van der Waals surface area contributed by atoms with E-state index in [0.717, 1.165) is 5.82 Å². The van der Waals surface area contributed by atoms with Crippen LogP contribution in [0.5, 0.6) is 0 Å². The van der Waals surface area contributed by atoms with E-state index in [4.69, 9.17) is 5.73 Å². The monoisotopic (exact) mass is 262 g/mol. The number of aryl methyl sites for hydroxylation is 2. The number of rotatable bonds is 5. The van der Waals surface area contributed by atoms with Gasteiger partial charge in [-0.1, -0.05) is 0 Å². The van der Waals surface area contributed by atoms with Gasteiger partial charge in [0, 0.05) is 45.1 Å². The fraction of sp³-hybridized carbons (Fsp3) is 0.417. The largest absolute Gasteiger partial charge is 0.396 e. The Balaban J connectivity index is 1.90. The average Bonchev–Trinajstić information content (AvgIpc) is 2.96. The maximum absolute atomic E-state index is 11.9. The van der Waals surface area contributed by atoms with Crippen LogP contribution in [0.1, 0.15) is 23.2 Å². The van der Waals surface area contributed by atoms with Crippen LogP contribution < -0.4 is 11.1 Å². The normalized spacial score (nSPS) is 10.6. The molecule has 102 valence electrons. The zero-order chi connectivity index (χ0) is 13.8. The quantitative estimate of drug-likeness (QED) is 0.804. The van der Waals surface area contributed by atoms with Crippen molar-refractivity contribution in [3.8, 4) is 0 Å². The summed E-state index contributed by atoms with van der Waals surface area (Å²) in [6.45, 7) is 3.13. The fourth-order valence-corrected chi connectivity index (χ4v) is 1.78. The Hall–Kier alpha value is -2.31. The van der Waals surface area contributed by atoms with Crippen LogP contribution in [0.2, 0.25) is 0 Å². The molecule has 0 fully saturated rings. The van der Waals surface area contributed by atoms with E-state index in [1.165, 1.54) is 0 Å². The van der Waals surface area contributed by atoms with Gasteiger partial charge in [-0.25, -0.2) is 4.98 Å². The summed E-state index contributed by atoms with van der Waals surface area (Å²) in [5.74, 6) is 0.672. The first kappa shape index (κ1) is 13.1. The third kappa shape index (κ3) is 2.93. The molecule has 0 unspecified atom stereocenters. The number of nitrogens with two attached hydrogens (primary N) is 1. The first-order chi connectivity index (χ1) is 9.11. The molecule has 0 aliphatic heterocycles. The van der Waals surface area contributed by atoms with Crippen molar-refractivity contribution in [2.24, 2.45) is 7.05 Å². The minimum absolute atomic E-state index is 0.251. The van der Waals surface area contributed by atoms with Crippen LogP contribution in [-0.4, -0.2) is 31.8 Å². The Labute approximate surface area is 111 Å². The molecule has 0 atom stereocenters. The highest BCUT2D eigenvalue weighted by Gasteiger charge is 2.14. The van der Waals surface area contributed by atoms with Crippen molar-refractivity contribution in [1.82, 2.24) is 24.6 Å². The summed E-state index contributed by atoms with van der Waals surface area (Å²) in [6, 6.07) is 0. The first-order valence-electron chi connectivity index (χ1n) is 6.19. The summed E-state index contributed by atoms with van der Waals surface area (Å²) < 4.78 is 3.56. The number of hydrogen-bond donors (Lipinski definition) is 2. The molecular formula is C12H18N6O. The van der Waals surface area contributed by atoms with Crippen molar-refractivity contribution in [2.75, 3.05) is 12.3 Å². The minimum atomic E-state index is -0.251. The van der Waals surface area contributed by atoms with Crippen LogP contribution in [0.4, 0.5) is 5.69 Å². The number of imidazole rings is 1. The second-order valence-corrected chi connectivity index (χ2v) is 4.25. The number of nitrogens with one attached hydrogen (secondary N) is 1. The summed E-state index contributed by atoms with van der Waals surface area (Å²) in [4.78, 5) is 16.1. The third-order valence-corrected chi connectivity index (χ3v) is 2.88. The fourth-order valence-electron chi connectivity index (χ4n) is 1.78. The van der Waals surface area contributed by atoms with Crippen molar-refractivity contribution in [2.45, 2.75) is 19.9 Å². The molecule has 0 saturated heterocycles. The molecule has 3 N–H and O–H groups in total. The van der Waals surface area contributed by atoms with Crippen molar-refractivity contribution in [3.05, 3.63) is 30.1 Å². The van der Waals surface area contributed by atoms with Crippen molar-refractivity contribution < 1.29 is 4.79 Å². The van der Waals surface area contributed by atoms with Crippen LogP contribution in [0.3, 0.4) is 0 Å². The maximum atomic E-state index is 11.9. The molecule has 0 radical (unpaired) electrons. The lowest BCUT2D eigenvalue weighted by atomic mass is 10.3. The smallest absolute Gasteiger partial charge is 0.273 e. The molecular weight excluding hydrogens is 244 g/mol. The van der Waals surface area contributed by atoms with Gasteiger partial charge in [0.1, 0.15) is 5.82 Å². The molecule has 2 aromatic rings. The van der Waals surface area contributed by atoms with Crippen LogP contribution in [-0.2, 0) is 20.0 Å². The molecule has 2 rings (SSSR count). The van der Waals surface area contributed by atoms with Gasteiger partial charge in [-0.15, -0.1) is 0 Å². The van der Waals surface area contributed by atoms with E-state index in [2.05, 4.69) is 15.4 Å². The molecule has 0 aliphatic rings. The molecule has 1 amide bonds. The number of carbonyl (C=O) groups is 1. The van der Waals surface area contributed by atoms with Gasteiger partial charge >= 0.3 is 0 Å². The van der Waals surface area contributed by atoms with Crippen molar-refractivity contribution in [1.29, 1.82) is 0 Å². The predicted molar refractivity (Wildman–Crippen MR) is 71.6 cm³/mol. The molecule has 0 aromatic carbocycles. The maximum Gasteiger partial charge on any atom is 0.273 e. The van der Waals surface area contributed by atoms with Gasteiger partial charge in [-0.05, 0) is 6.92 Å². The number of hydrogen-bond acceptors (Lipinski definition) is 4. The van der Waals surface area contributed by atoms with Gasteiger partial charge in [-0.3, -0.25) is 9.48 Å². The van der Waals surface area contributed by atoms with Gasteiger partial charge in [0.2, 0.25) is 0 Å². The number of nitrogens with zero attached hydrogens (tertiary/aromatic N) is 4. The highest BCUT2D eigenvalue weighted by molar-refractivity contribution is 5.96. The van der Waals surface area contributed by atoms with Crippen LogP contribution in [0, 0.1) is 0 Å².